The Labute approximate surface area is 107 Å². The Balaban J connectivity index is 1.98. The van der Waals surface area contributed by atoms with Crippen molar-refractivity contribution in [3.8, 4) is 0 Å². The molecule has 6 heteroatoms. The number of carbonyl (C=O) groups is 2. The highest BCUT2D eigenvalue weighted by Gasteiger charge is 2.25. The van der Waals surface area contributed by atoms with Crippen LogP contribution in [0.15, 0.2) is 0 Å². The van der Waals surface area contributed by atoms with E-state index in [1.54, 1.807) is 0 Å². The molecule has 1 aliphatic rings. The van der Waals surface area contributed by atoms with Gasteiger partial charge in [-0.05, 0) is 38.1 Å². The second-order valence-electron chi connectivity index (χ2n) is 4.83. The summed E-state index contributed by atoms with van der Waals surface area (Å²) in [5, 5.41) is 23.4. The van der Waals surface area contributed by atoms with E-state index in [1.165, 1.54) is 0 Å². The van der Waals surface area contributed by atoms with Crippen LogP contribution < -0.4 is 10.6 Å². The fourth-order valence-electron chi connectivity index (χ4n) is 2.29. The minimum atomic E-state index is -0.845. The van der Waals surface area contributed by atoms with E-state index in [2.05, 4.69) is 10.6 Å². The maximum Gasteiger partial charge on any atom is 0.317 e. The minimum Gasteiger partial charge on any atom is -0.481 e. The van der Waals surface area contributed by atoms with Gasteiger partial charge in [0.05, 0.1) is 12.5 Å². The van der Waals surface area contributed by atoms with Gasteiger partial charge < -0.3 is 20.8 Å². The summed E-state index contributed by atoms with van der Waals surface area (Å²) in [4.78, 5) is 21.0. The fraction of sp³-hybridized carbons (Fsp3) is 0.833. The Morgan fingerprint density at radius 1 is 1.00 bits per heavy atom. The maximum absolute atomic E-state index is 10.8. The molecule has 0 bridgehead atoms. The van der Waals surface area contributed by atoms with Gasteiger partial charge in [-0.3, -0.25) is 9.59 Å². The van der Waals surface area contributed by atoms with E-state index in [-0.39, 0.29) is 12.5 Å². The van der Waals surface area contributed by atoms with Gasteiger partial charge in [0.25, 0.3) is 0 Å². The van der Waals surface area contributed by atoms with Crippen molar-refractivity contribution in [3.05, 3.63) is 0 Å². The Morgan fingerprint density at radius 2 is 1.61 bits per heavy atom. The monoisotopic (exact) mass is 258 g/mol. The highest BCUT2D eigenvalue weighted by molar-refractivity contribution is 5.70. The summed E-state index contributed by atoms with van der Waals surface area (Å²) in [7, 11) is 0. The molecule has 1 rings (SSSR count). The quantitative estimate of drug-likeness (QED) is 0.462. The van der Waals surface area contributed by atoms with E-state index in [0.29, 0.717) is 12.5 Å². The third-order valence-electron chi connectivity index (χ3n) is 3.38. The predicted molar refractivity (Wildman–Crippen MR) is 66.5 cm³/mol. The number of hydrogen-bond acceptors (Lipinski definition) is 4. The van der Waals surface area contributed by atoms with E-state index in [4.69, 9.17) is 10.2 Å². The Hall–Kier alpha value is -1.14. The first kappa shape index (κ1) is 14.9. The second-order valence-corrected chi connectivity index (χ2v) is 4.83. The Bertz CT molecular complexity index is 275. The molecule has 0 aromatic carbocycles. The smallest absolute Gasteiger partial charge is 0.317 e. The molecule has 104 valence electrons. The topological polar surface area (TPSA) is 98.7 Å². The molecule has 1 fully saturated rings. The first-order valence-electron chi connectivity index (χ1n) is 6.45. The van der Waals surface area contributed by atoms with Crippen molar-refractivity contribution in [1.29, 1.82) is 0 Å². The number of hydrogen-bond donors (Lipinski definition) is 4. The standard InChI is InChI=1S/C12H22N2O4/c15-11(16)8-14-6-5-13-7-9-1-3-10(4-2-9)12(17)18/h9-10,13-14H,1-8H2,(H,15,16)(H,17,18). The van der Waals surface area contributed by atoms with Crippen molar-refractivity contribution in [1.82, 2.24) is 10.6 Å². The zero-order chi connectivity index (χ0) is 13.4. The van der Waals surface area contributed by atoms with Crippen LogP contribution in [0.3, 0.4) is 0 Å². The van der Waals surface area contributed by atoms with Gasteiger partial charge in [0, 0.05) is 13.1 Å². The fourth-order valence-corrected chi connectivity index (χ4v) is 2.29. The van der Waals surface area contributed by atoms with E-state index in [0.717, 1.165) is 38.8 Å². The van der Waals surface area contributed by atoms with Crippen LogP contribution in [0.25, 0.3) is 0 Å². The Morgan fingerprint density at radius 3 is 2.17 bits per heavy atom. The molecule has 6 nitrogen and oxygen atoms in total. The van der Waals surface area contributed by atoms with Gasteiger partial charge in [0.1, 0.15) is 0 Å². The van der Waals surface area contributed by atoms with Crippen molar-refractivity contribution < 1.29 is 19.8 Å². The number of carboxylic acid groups (broad SMARTS) is 2. The lowest BCUT2D eigenvalue weighted by molar-refractivity contribution is -0.143. The highest BCUT2D eigenvalue weighted by atomic mass is 16.4. The number of aliphatic carboxylic acids is 2. The van der Waals surface area contributed by atoms with Crippen molar-refractivity contribution >= 4 is 11.9 Å². The molecule has 0 saturated heterocycles. The summed E-state index contributed by atoms with van der Waals surface area (Å²) >= 11 is 0. The first-order valence-corrected chi connectivity index (χ1v) is 6.45. The van der Waals surface area contributed by atoms with Crippen molar-refractivity contribution in [2.45, 2.75) is 25.7 Å². The zero-order valence-corrected chi connectivity index (χ0v) is 10.5. The van der Waals surface area contributed by atoms with Crippen LogP contribution in [-0.4, -0.2) is 48.3 Å². The maximum atomic E-state index is 10.8. The average molecular weight is 258 g/mol. The molecule has 18 heavy (non-hydrogen) atoms. The molecule has 0 heterocycles. The van der Waals surface area contributed by atoms with Gasteiger partial charge >= 0.3 is 11.9 Å². The van der Waals surface area contributed by atoms with Crippen LogP contribution >= 0.6 is 0 Å². The molecule has 0 amide bonds. The summed E-state index contributed by atoms with van der Waals surface area (Å²) in [5.41, 5.74) is 0. The van der Waals surface area contributed by atoms with Crippen LogP contribution in [0, 0.1) is 11.8 Å². The van der Waals surface area contributed by atoms with Crippen molar-refractivity contribution in [3.63, 3.8) is 0 Å². The molecule has 0 aromatic heterocycles. The average Bonchev–Trinajstić information content (AvgIpc) is 2.34. The van der Waals surface area contributed by atoms with Crippen LogP contribution in [0.5, 0.6) is 0 Å². The molecule has 0 spiro atoms. The predicted octanol–water partition coefficient (Wildman–Crippen LogP) is 0.141. The summed E-state index contributed by atoms with van der Waals surface area (Å²) < 4.78 is 0. The van der Waals surface area contributed by atoms with E-state index in [1.807, 2.05) is 0 Å². The Kier molecular flexibility index (Phi) is 6.67. The van der Waals surface area contributed by atoms with Crippen molar-refractivity contribution in [2.24, 2.45) is 11.8 Å². The number of carboxylic acids is 2. The SMILES string of the molecule is O=C(O)CNCCNCC1CCC(C(=O)O)CC1. The normalized spacial score (nSPS) is 23.8. The molecule has 4 N–H and O–H groups in total. The summed E-state index contributed by atoms with van der Waals surface area (Å²) in [5.74, 6) is -1.11. The minimum absolute atomic E-state index is 0.00853. The zero-order valence-electron chi connectivity index (χ0n) is 10.5. The number of rotatable bonds is 8. The van der Waals surface area contributed by atoms with Crippen LogP contribution in [-0.2, 0) is 9.59 Å². The van der Waals surface area contributed by atoms with Gasteiger partial charge in [-0.15, -0.1) is 0 Å². The third-order valence-corrected chi connectivity index (χ3v) is 3.38. The van der Waals surface area contributed by atoms with Crippen LogP contribution in [0.4, 0.5) is 0 Å². The highest BCUT2D eigenvalue weighted by Crippen LogP contribution is 2.28. The third kappa shape index (κ3) is 5.97. The van der Waals surface area contributed by atoms with Crippen molar-refractivity contribution in [2.75, 3.05) is 26.2 Å². The summed E-state index contributed by atoms with van der Waals surface area (Å²) in [6.07, 6.45) is 3.48. The lowest BCUT2D eigenvalue weighted by Gasteiger charge is -2.26. The molecular formula is C12H22N2O4. The molecular weight excluding hydrogens is 236 g/mol. The van der Waals surface area contributed by atoms with E-state index >= 15 is 0 Å². The van der Waals surface area contributed by atoms with E-state index < -0.39 is 11.9 Å². The van der Waals surface area contributed by atoms with Gasteiger partial charge in [-0.1, -0.05) is 0 Å². The molecule has 0 aromatic rings. The van der Waals surface area contributed by atoms with Gasteiger partial charge in [0.15, 0.2) is 0 Å². The van der Waals surface area contributed by atoms with Gasteiger partial charge in [-0.25, -0.2) is 0 Å². The lowest BCUT2D eigenvalue weighted by Crippen LogP contribution is -2.34. The molecule has 1 aliphatic carbocycles. The molecule has 0 unspecified atom stereocenters. The van der Waals surface area contributed by atoms with Crippen LogP contribution in [0.1, 0.15) is 25.7 Å². The van der Waals surface area contributed by atoms with Gasteiger partial charge in [-0.2, -0.15) is 0 Å². The molecule has 0 atom stereocenters. The molecule has 1 saturated carbocycles. The first-order chi connectivity index (χ1) is 8.59. The van der Waals surface area contributed by atoms with Crippen LogP contribution in [0.2, 0.25) is 0 Å². The molecule has 0 radical (unpaired) electrons. The summed E-state index contributed by atoms with van der Waals surface area (Å²) in [6.45, 7) is 2.26. The second kappa shape index (κ2) is 8.05. The largest absolute Gasteiger partial charge is 0.481 e. The van der Waals surface area contributed by atoms with E-state index in [9.17, 15) is 9.59 Å². The number of nitrogens with one attached hydrogen (secondary N) is 2. The lowest BCUT2D eigenvalue weighted by atomic mass is 9.82. The molecule has 0 aliphatic heterocycles. The summed E-state index contributed by atoms with van der Waals surface area (Å²) in [6, 6.07) is 0. The van der Waals surface area contributed by atoms with Gasteiger partial charge in [0.2, 0.25) is 0 Å².